The minimum atomic E-state index is 0.741. The topological polar surface area (TPSA) is 3.24 Å². The van der Waals surface area contributed by atoms with Gasteiger partial charge in [-0.3, -0.25) is 0 Å². The van der Waals surface area contributed by atoms with E-state index in [0.29, 0.717) is 0 Å². The van der Waals surface area contributed by atoms with Gasteiger partial charge in [-0.1, -0.05) is 37.3 Å². The van der Waals surface area contributed by atoms with Gasteiger partial charge in [0.05, 0.1) is 0 Å². The lowest BCUT2D eigenvalue weighted by Gasteiger charge is -2.34. The van der Waals surface area contributed by atoms with E-state index in [1.54, 1.807) is 0 Å². The molecule has 2 unspecified atom stereocenters. The van der Waals surface area contributed by atoms with Crippen molar-refractivity contribution >= 4 is 0 Å². The minimum absolute atomic E-state index is 0.741. The number of benzene rings is 1. The molecule has 2 rings (SSSR count). The number of nitrogens with zero attached hydrogens (tertiary/aromatic N) is 1. The van der Waals surface area contributed by atoms with Gasteiger partial charge in [0.15, 0.2) is 0 Å². The fourth-order valence-corrected chi connectivity index (χ4v) is 2.58. The van der Waals surface area contributed by atoms with E-state index < -0.39 is 0 Å². The summed E-state index contributed by atoms with van der Waals surface area (Å²) in [6, 6.07) is 10.9. The molecule has 1 nitrogen and oxygen atoms in total. The Kier molecular flexibility index (Phi) is 2.87. The molecule has 0 N–H and O–H groups in total. The maximum atomic E-state index is 2.45. The van der Waals surface area contributed by atoms with Gasteiger partial charge in [0, 0.05) is 13.1 Å². The van der Waals surface area contributed by atoms with E-state index in [2.05, 4.69) is 49.2 Å². The Bertz CT molecular complexity index is 271. The molecule has 0 saturated carbocycles. The van der Waals surface area contributed by atoms with Gasteiger partial charge in [-0.05, 0) is 30.9 Å². The van der Waals surface area contributed by atoms with Crippen LogP contribution in [0.3, 0.4) is 0 Å². The Hall–Kier alpha value is -0.820. The Morgan fingerprint density at radius 3 is 2.50 bits per heavy atom. The van der Waals surface area contributed by atoms with Gasteiger partial charge in [0.25, 0.3) is 0 Å². The van der Waals surface area contributed by atoms with E-state index in [1.165, 1.54) is 25.1 Å². The summed E-state index contributed by atoms with van der Waals surface area (Å²) in [5.41, 5.74) is 1.51. The first kappa shape index (κ1) is 9.72. The summed E-state index contributed by atoms with van der Waals surface area (Å²) in [7, 11) is 2.23. The van der Waals surface area contributed by atoms with Crippen LogP contribution >= 0.6 is 0 Å². The van der Waals surface area contributed by atoms with Crippen molar-refractivity contribution in [3.63, 3.8) is 0 Å². The third-order valence-electron chi connectivity index (χ3n) is 3.11. The van der Waals surface area contributed by atoms with Crippen molar-refractivity contribution in [1.29, 1.82) is 0 Å². The van der Waals surface area contributed by atoms with Gasteiger partial charge in [-0.25, -0.2) is 0 Å². The van der Waals surface area contributed by atoms with Crippen LogP contribution in [0.2, 0.25) is 0 Å². The zero-order valence-electron chi connectivity index (χ0n) is 9.11. The van der Waals surface area contributed by atoms with Crippen LogP contribution in [0.4, 0.5) is 0 Å². The van der Waals surface area contributed by atoms with Crippen LogP contribution in [0, 0.1) is 5.92 Å². The molecule has 0 spiro atoms. The largest absolute Gasteiger partial charge is 0.305 e. The van der Waals surface area contributed by atoms with Gasteiger partial charge >= 0.3 is 0 Å². The summed E-state index contributed by atoms with van der Waals surface area (Å²) in [5.74, 6) is 1.57. The minimum Gasteiger partial charge on any atom is -0.305 e. The molecule has 0 amide bonds. The van der Waals surface area contributed by atoms with Gasteiger partial charge in [-0.2, -0.15) is 0 Å². The number of likely N-dealkylation sites (tertiary alicyclic amines) is 1. The molecule has 1 fully saturated rings. The van der Waals surface area contributed by atoms with E-state index in [0.717, 1.165) is 11.8 Å². The van der Waals surface area contributed by atoms with Crippen molar-refractivity contribution in [1.82, 2.24) is 4.90 Å². The molecular weight excluding hydrogens is 170 g/mol. The Morgan fingerprint density at radius 2 is 1.86 bits per heavy atom. The molecule has 0 aliphatic carbocycles. The van der Waals surface area contributed by atoms with Crippen molar-refractivity contribution in [2.75, 3.05) is 20.1 Å². The molecule has 1 saturated heterocycles. The fourth-order valence-electron chi connectivity index (χ4n) is 2.58. The second-order valence-corrected chi connectivity index (χ2v) is 4.67. The number of hydrogen-bond donors (Lipinski definition) is 0. The standard InChI is InChI=1S/C13H19N/c1-11-8-13(10-14(2)9-11)12-6-4-3-5-7-12/h3-7,11,13H,8-10H2,1-2H3. The van der Waals surface area contributed by atoms with Gasteiger partial charge in [-0.15, -0.1) is 0 Å². The smallest absolute Gasteiger partial charge is 0.00474 e. The summed E-state index contributed by atoms with van der Waals surface area (Å²) in [6.45, 7) is 4.82. The lowest BCUT2D eigenvalue weighted by atomic mass is 9.86. The van der Waals surface area contributed by atoms with Crippen molar-refractivity contribution in [3.8, 4) is 0 Å². The SMILES string of the molecule is CC1CC(c2ccccc2)CN(C)C1. The van der Waals surface area contributed by atoms with Crippen molar-refractivity contribution < 1.29 is 0 Å². The van der Waals surface area contributed by atoms with Crippen LogP contribution in [-0.2, 0) is 0 Å². The molecule has 1 aromatic rings. The molecule has 0 radical (unpaired) electrons. The molecule has 76 valence electrons. The molecule has 2 atom stereocenters. The lowest BCUT2D eigenvalue weighted by Crippen LogP contribution is -2.35. The summed E-state index contributed by atoms with van der Waals surface area (Å²) >= 11 is 0. The summed E-state index contributed by atoms with van der Waals surface area (Å²) in [5, 5.41) is 0. The highest BCUT2D eigenvalue weighted by molar-refractivity contribution is 5.20. The van der Waals surface area contributed by atoms with E-state index >= 15 is 0 Å². The molecule has 0 bridgehead atoms. The Morgan fingerprint density at radius 1 is 1.14 bits per heavy atom. The van der Waals surface area contributed by atoms with E-state index in [4.69, 9.17) is 0 Å². The van der Waals surface area contributed by atoms with Crippen LogP contribution < -0.4 is 0 Å². The molecule has 1 heterocycles. The molecular formula is C13H19N. The van der Waals surface area contributed by atoms with Gasteiger partial charge < -0.3 is 4.90 Å². The van der Waals surface area contributed by atoms with Crippen molar-refractivity contribution in [2.24, 2.45) is 5.92 Å². The molecule has 1 aliphatic rings. The fraction of sp³-hybridized carbons (Fsp3) is 0.538. The van der Waals surface area contributed by atoms with Crippen LogP contribution in [0.1, 0.15) is 24.8 Å². The average molecular weight is 189 g/mol. The van der Waals surface area contributed by atoms with Gasteiger partial charge in [0.1, 0.15) is 0 Å². The number of rotatable bonds is 1. The quantitative estimate of drug-likeness (QED) is 0.656. The highest BCUT2D eigenvalue weighted by atomic mass is 15.1. The lowest BCUT2D eigenvalue weighted by molar-refractivity contribution is 0.198. The predicted octanol–water partition coefficient (Wildman–Crippen LogP) is 2.74. The van der Waals surface area contributed by atoms with E-state index in [1.807, 2.05) is 0 Å². The second-order valence-electron chi connectivity index (χ2n) is 4.67. The monoisotopic (exact) mass is 189 g/mol. The van der Waals surface area contributed by atoms with Crippen molar-refractivity contribution in [3.05, 3.63) is 35.9 Å². The maximum Gasteiger partial charge on any atom is 0.00474 e. The summed E-state index contributed by atoms with van der Waals surface area (Å²) < 4.78 is 0. The van der Waals surface area contributed by atoms with Gasteiger partial charge in [0.2, 0.25) is 0 Å². The van der Waals surface area contributed by atoms with Crippen LogP contribution in [-0.4, -0.2) is 25.0 Å². The van der Waals surface area contributed by atoms with E-state index in [-0.39, 0.29) is 0 Å². The predicted molar refractivity (Wildman–Crippen MR) is 60.5 cm³/mol. The highest BCUT2D eigenvalue weighted by Crippen LogP contribution is 2.28. The average Bonchev–Trinajstić information content (AvgIpc) is 2.18. The molecule has 1 aromatic carbocycles. The third-order valence-corrected chi connectivity index (χ3v) is 3.11. The molecule has 1 aliphatic heterocycles. The third kappa shape index (κ3) is 2.16. The van der Waals surface area contributed by atoms with Crippen LogP contribution in [0.15, 0.2) is 30.3 Å². The van der Waals surface area contributed by atoms with Crippen LogP contribution in [0.25, 0.3) is 0 Å². The first-order valence-electron chi connectivity index (χ1n) is 5.49. The highest BCUT2D eigenvalue weighted by Gasteiger charge is 2.23. The number of likely N-dealkylation sites (N-methyl/N-ethyl adjacent to an activating group) is 1. The Balaban J connectivity index is 2.11. The first-order chi connectivity index (χ1) is 6.75. The Labute approximate surface area is 86.7 Å². The van der Waals surface area contributed by atoms with Crippen molar-refractivity contribution in [2.45, 2.75) is 19.3 Å². The normalized spacial score (nSPS) is 29.0. The summed E-state index contributed by atoms with van der Waals surface area (Å²) in [4.78, 5) is 2.45. The zero-order chi connectivity index (χ0) is 9.97. The second kappa shape index (κ2) is 4.14. The first-order valence-corrected chi connectivity index (χ1v) is 5.49. The molecule has 1 heteroatoms. The van der Waals surface area contributed by atoms with E-state index in [9.17, 15) is 0 Å². The molecule has 14 heavy (non-hydrogen) atoms. The number of hydrogen-bond acceptors (Lipinski definition) is 1. The summed E-state index contributed by atoms with van der Waals surface area (Å²) in [6.07, 6.45) is 1.34. The maximum absolute atomic E-state index is 2.45. The number of piperidine rings is 1. The molecule has 0 aromatic heterocycles. The zero-order valence-corrected chi connectivity index (χ0v) is 9.11. The van der Waals surface area contributed by atoms with Crippen LogP contribution in [0.5, 0.6) is 0 Å².